The zero-order valence-electron chi connectivity index (χ0n) is 15.0. The van der Waals surface area contributed by atoms with Gasteiger partial charge in [-0.05, 0) is 44.4 Å². The molecule has 0 radical (unpaired) electrons. The van der Waals surface area contributed by atoms with Crippen molar-refractivity contribution in [1.82, 2.24) is 9.88 Å². The molecule has 0 bridgehead atoms. The smallest absolute Gasteiger partial charge is 0.266 e. The normalized spacial score (nSPS) is 11.1. The summed E-state index contributed by atoms with van der Waals surface area (Å²) in [5, 5.41) is 1.18. The van der Waals surface area contributed by atoms with Crippen LogP contribution in [-0.4, -0.2) is 49.6 Å². The number of rotatable bonds is 7. The number of hydrogen-bond acceptors (Lipinski definition) is 5. The van der Waals surface area contributed by atoms with E-state index in [4.69, 9.17) is 16.3 Å². The molecule has 5 nitrogen and oxygen atoms in total. The van der Waals surface area contributed by atoms with Gasteiger partial charge in [-0.2, -0.15) is 0 Å². The second-order valence-corrected chi connectivity index (χ2v) is 7.62. The van der Waals surface area contributed by atoms with Gasteiger partial charge in [0.25, 0.3) is 5.91 Å². The number of carbonyl (C=O) groups excluding carboxylic acids is 1. The number of benzene rings is 2. The van der Waals surface area contributed by atoms with Crippen LogP contribution < -0.4 is 9.64 Å². The molecule has 0 aliphatic rings. The van der Waals surface area contributed by atoms with E-state index >= 15 is 0 Å². The molecule has 0 spiro atoms. The third-order valence-electron chi connectivity index (χ3n) is 3.83. The quantitative estimate of drug-likeness (QED) is 0.592. The highest BCUT2D eigenvalue weighted by atomic mass is 35.5. The number of hydrogen-bond donors (Lipinski definition) is 0. The number of para-hydroxylation sites is 1. The molecule has 1 heterocycles. The first-order valence-corrected chi connectivity index (χ1v) is 9.52. The molecule has 142 valence electrons. The molecule has 0 N–H and O–H groups in total. The van der Waals surface area contributed by atoms with E-state index < -0.39 is 5.82 Å². The van der Waals surface area contributed by atoms with Crippen molar-refractivity contribution >= 4 is 44.2 Å². The summed E-state index contributed by atoms with van der Waals surface area (Å²) >= 11 is 7.43. The van der Waals surface area contributed by atoms with Gasteiger partial charge in [0.1, 0.15) is 0 Å². The highest BCUT2D eigenvalue weighted by Crippen LogP contribution is 2.31. The van der Waals surface area contributed by atoms with Crippen LogP contribution in [0, 0.1) is 5.82 Å². The maximum Gasteiger partial charge on any atom is 0.266 e. The average Bonchev–Trinajstić information content (AvgIpc) is 3.03. The van der Waals surface area contributed by atoms with Crippen LogP contribution in [0.15, 0.2) is 42.5 Å². The van der Waals surface area contributed by atoms with Crippen LogP contribution >= 0.6 is 22.9 Å². The number of amides is 1. The van der Waals surface area contributed by atoms with E-state index in [1.165, 1.54) is 23.5 Å². The zero-order chi connectivity index (χ0) is 19.4. The van der Waals surface area contributed by atoms with Gasteiger partial charge in [-0.25, -0.2) is 9.37 Å². The predicted octanol–water partition coefficient (Wildman–Crippen LogP) is 4.06. The van der Waals surface area contributed by atoms with Crippen LogP contribution in [0.4, 0.5) is 9.52 Å². The zero-order valence-corrected chi connectivity index (χ0v) is 16.6. The Balaban J connectivity index is 1.80. The molecule has 2 aromatic carbocycles. The van der Waals surface area contributed by atoms with Gasteiger partial charge in [-0.3, -0.25) is 9.69 Å². The molecule has 27 heavy (non-hydrogen) atoms. The highest BCUT2D eigenvalue weighted by Gasteiger charge is 2.21. The number of ether oxygens (including phenoxy) is 1. The molecule has 0 saturated heterocycles. The number of aromatic nitrogens is 1. The molecule has 0 aliphatic carbocycles. The molecule has 0 atom stereocenters. The summed E-state index contributed by atoms with van der Waals surface area (Å²) in [7, 11) is 3.85. The van der Waals surface area contributed by atoms with Crippen molar-refractivity contribution in [2.75, 3.05) is 38.7 Å². The maximum absolute atomic E-state index is 13.7. The summed E-state index contributed by atoms with van der Waals surface area (Å²) in [4.78, 5) is 20.9. The van der Waals surface area contributed by atoms with Gasteiger partial charge >= 0.3 is 0 Å². The van der Waals surface area contributed by atoms with E-state index in [0.717, 1.165) is 10.2 Å². The fraction of sp³-hybridized carbons (Fsp3) is 0.263. The minimum absolute atomic E-state index is 0.0505. The van der Waals surface area contributed by atoms with Crippen molar-refractivity contribution in [3.63, 3.8) is 0 Å². The number of fused-ring (bicyclic) bond motifs is 1. The van der Waals surface area contributed by atoms with Crippen LogP contribution in [0.1, 0.15) is 0 Å². The Labute approximate surface area is 165 Å². The van der Waals surface area contributed by atoms with Crippen molar-refractivity contribution in [1.29, 1.82) is 0 Å². The molecule has 1 aromatic heterocycles. The Kier molecular flexibility index (Phi) is 6.26. The van der Waals surface area contributed by atoms with Gasteiger partial charge in [-0.15, -0.1) is 0 Å². The van der Waals surface area contributed by atoms with E-state index in [2.05, 4.69) is 4.98 Å². The van der Waals surface area contributed by atoms with Crippen LogP contribution in [0.3, 0.4) is 0 Å². The minimum Gasteiger partial charge on any atom is -0.481 e. The molecule has 0 saturated carbocycles. The van der Waals surface area contributed by atoms with Gasteiger partial charge in [0.2, 0.25) is 0 Å². The number of anilines is 1. The summed E-state index contributed by atoms with van der Waals surface area (Å²) in [6, 6.07) is 11.4. The minimum atomic E-state index is -0.500. The average molecular weight is 408 g/mol. The summed E-state index contributed by atoms with van der Waals surface area (Å²) < 4.78 is 20.0. The Morgan fingerprint density at radius 2 is 2.00 bits per heavy atom. The largest absolute Gasteiger partial charge is 0.481 e. The van der Waals surface area contributed by atoms with Crippen LogP contribution in [0.25, 0.3) is 10.2 Å². The van der Waals surface area contributed by atoms with Crippen molar-refractivity contribution in [3.8, 4) is 5.75 Å². The Morgan fingerprint density at radius 1 is 1.22 bits per heavy atom. The molecule has 0 unspecified atom stereocenters. The third-order valence-corrected chi connectivity index (χ3v) is 5.11. The Morgan fingerprint density at radius 3 is 2.74 bits per heavy atom. The molecule has 0 aliphatic heterocycles. The lowest BCUT2D eigenvalue weighted by Gasteiger charge is -2.22. The lowest BCUT2D eigenvalue weighted by molar-refractivity contribution is -0.120. The first-order valence-electron chi connectivity index (χ1n) is 8.32. The van der Waals surface area contributed by atoms with Gasteiger partial charge in [-0.1, -0.05) is 35.1 Å². The summed E-state index contributed by atoms with van der Waals surface area (Å²) in [6.07, 6.45) is 0. The summed E-state index contributed by atoms with van der Waals surface area (Å²) in [5.41, 5.74) is 0.775. The monoisotopic (exact) mass is 407 g/mol. The topological polar surface area (TPSA) is 45.7 Å². The Hall–Kier alpha value is -2.22. The van der Waals surface area contributed by atoms with E-state index in [0.29, 0.717) is 23.2 Å². The van der Waals surface area contributed by atoms with E-state index in [-0.39, 0.29) is 18.3 Å². The molecule has 3 rings (SSSR count). The second kappa shape index (κ2) is 8.65. The Bertz CT molecular complexity index is 948. The van der Waals surface area contributed by atoms with Crippen molar-refractivity contribution in [3.05, 3.63) is 53.3 Å². The molecule has 3 aromatic rings. The fourth-order valence-corrected chi connectivity index (χ4v) is 3.69. The van der Waals surface area contributed by atoms with Crippen LogP contribution in [0.2, 0.25) is 5.02 Å². The van der Waals surface area contributed by atoms with Crippen molar-refractivity contribution in [2.45, 2.75) is 0 Å². The number of thiazole rings is 1. The standard InChI is InChI=1S/C19H19ClFN3O2S/c1-23(2)9-10-24(18(25)12-26-16-6-4-3-5-14(16)21)19-22-15-8-7-13(20)11-17(15)27-19/h3-8,11H,9-10,12H2,1-2H3. The van der Waals surface area contributed by atoms with Crippen molar-refractivity contribution < 1.29 is 13.9 Å². The molecule has 0 fully saturated rings. The fourth-order valence-electron chi connectivity index (χ4n) is 2.41. The number of likely N-dealkylation sites (N-methyl/N-ethyl adjacent to an activating group) is 1. The number of nitrogens with zero attached hydrogens (tertiary/aromatic N) is 3. The van der Waals surface area contributed by atoms with Gasteiger partial charge < -0.3 is 9.64 Å². The van der Waals surface area contributed by atoms with Crippen molar-refractivity contribution in [2.24, 2.45) is 0 Å². The molecular formula is C19H19ClFN3O2S. The summed E-state index contributed by atoms with van der Waals surface area (Å²) in [5.74, 6) is -0.737. The first-order chi connectivity index (χ1) is 12.9. The van der Waals surface area contributed by atoms with Crippen LogP contribution in [0.5, 0.6) is 5.75 Å². The van der Waals surface area contributed by atoms with Crippen LogP contribution in [-0.2, 0) is 4.79 Å². The van der Waals surface area contributed by atoms with E-state index in [1.807, 2.05) is 31.1 Å². The van der Waals surface area contributed by atoms with E-state index in [9.17, 15) is 9.18 Å². The van der Waals surface area contributed by atoms with E-state index in [1.54, 1.807) is 23.1 Å². The third kappa shape index (κ3) is 4.94. The summed E-state index contributed by atoms with van der Waals surface area (Å²) in [6.45, 7) is 0.827. The molecule has 1 amide bonds. The maximum atomic E-state index is 13.7. The lowest BCUT2D eigenvalue weighted by Crippen LogP contribution is -2.39. The number of halogens is 2. The first kappa shape index (κ1) is 19.5. The SMILES string of the molecule is CN(C)CCN(C(=O)COc1ccccc1F)c1nc2ccc(Cl)cc2s1. The van der Waals surface area contributed by atoms with Gasteiger partial charge in [0.15, 0.2) is 23.3 Å². The number of carbonyl (C=O) groups is 1. The van der Waals surface area contributed by atoms with Gasteiger partial charge in [0.05, 0.1) is 10.2 Å². The highest BCUT2D eigenvalue weighted by molar-refractivity contribution is 7.22. The van der Waals surface area contributed by atoms with Gasteiger partial charge in [0, 0.05) is 18.1 Å². The predicted molar refractivity (Wildman–Crippen MR) is 107 cm³/mol. The lowest BCUT2D eigenvalue weighted by atomic mass is 10.3. The second-order valence-electron chi connectivity index (χ2n) is 6.18. The molecule has 8 heteroatoms. The molecular weight excluding hydrogens is 389 g/mol.